The molecule has 1 amide bonds. The quantitative estimate of drug-likeness (QED) is 0.657. The molecule has 3 aromatic rings. The molecule has 1 aromatic heterocycles. The van der Waals surface area contributed by atoms with Gasteiger partial charge in [0.2, 0.25) is 5.91 Å². The Morgan fingerprint density at radius 2 is 1.90 bits per heavy atom. The first-order valence-electron chi connectivity index (χ1n) is 9.80. The Morgan fingerprint density at radius 1 is 1.10 bits per heavy atom. The lowest BCUT2D eigenvalue weighted by molar-refractivity contribution is -0.116. The Kier molecular flexibility index (Phi) is 5.52. The van der Waals surface area contributed by atoms with Crippen molar-refractivity contribution in [2.45, 2.75) is 25.7 Å². The van der Waals surface area contributed by atoms with Gasteiger partial charge in [-0.05, 0) is 30.2 Å². The highest BCUT2D eigenvalue weighted by atomic mass is 16.5. The average molecular weight is 405 g/mol. The van der Waals surface area contributed by atoms with Crippen LogP contribution in [0.3, 0.4) is 0 Å². The number of hydrogen-bond acceptors (Lipinski definition) is 5. The van der Waals surface area contributed by atoms with Gasteiger partial charge in [0, 0.05) is 18.8 Å². The zero-order valence-electron chi connectivity index (χ0n) is 16.9. The maximum absolute atomic E-state index is 12.6. The van der Waals surface area contributed by atoms with Crippen molar-refractivity contribution < 1.29 is 14.3 Å². The number of benzene rings is 2. The number of H-pyrrole nitrogens is 1. The highest BCUT2D eigenvalue weighted by Gasteiger charge is 2.31. The lowest BCUT2D eigenvalue weighted by atomic mass is 9.86. The SMILES string of the molecule is COc1cc([C@@H]2CC(=O)Nc3nc(C)[nH]c(=O)c32)ccc1OCCc1ccccc1. The fraction of sp³-hybridized carbons (Fsp3) is 0.261. The third-order valence-corrected chi connectivity index (χ3v) is 5.15. The first-order valence-corrected chi connectivity index (χ1v) is 9.80. The maximum atomic E-state index is 12.6. The van der Waals surface area contributed by atoms with Gasteiger partial charge in [0.25, 0.3) is 5.56 Å². The van der Waals surface area contributed by atoms with Crippen LogP contribution in [0.15, 0.2) is 53.3 Å². The number of nitrogens with zero attached hydrogens (tertiary/aromatic N) is 1. The van der Waals surface area contributed by atoms with Gasteiger partial charge in [0.05, 0.1) is 19.3 Å². The van der Waals surface area contributed by atoms with E-state index in [2.05, 4.69) is 27.4 Å². The number of methoxy groups -OCH3 is 1. The Balaban J connectivity index is 1.59. The van der Waals surface area contributed by atoms with E-state index in [1.165, 1.54) is 5.56 Å². The van der Waals surface area contributed by atoms with Gasteiger partial charge in [-0.25, -0.2) is 4.98 Å². The molecule has 1 aliphatic heterocycles. The molecule has 0 saturated heterocycles. The first-order chi connectivity index (χ1) is 14.5. The molecule has 30 heavy (non-hydrogen) atoms. The van der Waals surface area contributed by atoms with Gasteiger partial charge in [-0.15, -0.1) is 0 Å². The van der Waals surface area contributed by atoms with Crippen LogP contribution in [0.4, 0.5) is 5.82 Å². The van der Waals surface area contributed by atoms with Crippen LogP contribution in [-0.2, 0) is 11.2 Å². The first kappa shape index (κ1) is 19.7. The number of aromatic nitrogens is 2. The number of carbonyl (C=O) groups excluding carboxylic acids is 1. The monoisotopic (exact) mass is 405 g/mol. The number of anilines is 1. The highest BCUT2D eigenvalue weighted by Crippen LogP contribution is 2.38. The summed E-state index contributed by atoms with van der Waals surface area (Å²) >= 11 is 0. The summed E-state index contributed by atoms with van der Waals surface area (Å²) in [6.07, 6.45) is 0.945. The van der Waals surface area contributed by atoms with Gasteiger partial charge in [0.15, 0.2) is 11.5 Å². The smallest absolute Gasteiger partial charge is 0.256 e. The molecule has 0 fully saturated rings. The summed E-state index contributed by atoms with van der Waals surface area (Å²) in [7, 11) is 1.57. The van der Waals surface area contributed by atoms with Crippen molar-refractivity contribution in [2.24, 2.45) is 0 Å². The summed E-state index contributed by atoms with van der Waals surface area (Å²) in [6, 6.07) is 15.6. The molecule has 154 valence electrons. The van der Waals surface area contributed by atoms with Crippen molar-refractivity contribution in [1.29, 1.82) is 0 Å². The summed E-state index contributed by atoms with van der Waals surface area (Å²) in [5.41, 5.74) is 2.21. The molecule has 0 radical (unpaired) electrons. The Labute approximate surface area is 174 Å². The number of carbonyl (C=O) groups is 1. The normalized spacial score (nSPS) is 15.3. The maximum Gasteiger partial charge on any atom is 0.256 e. The van der Waals surface area contributed by atoms with Crippen molar-refractivity contribution in [3.63, 3.8) is 0 Å². The highest BCUT2D eigenvalue weighted by molar-refractivity contribution is 5.94. The van der Waals surface area contributed by atoms with E-state index >= 15 is 0 Å². The van der Waals surface area contributed by atoms with E-state index < -0.39 is 5.92 Å². The van der Waals surface area contributed by atoms with Gasteiger partial charge < -0.3 is 19.8 Å². The van der Waals surface area contributed by atoms with Crippen LogP contribution in [0.2, 0.25) is 0 Å². The molecule has 4 rings (SSSR count). The number of ether oxygens (including phenoxy) is 2. The number of fused-ring (bicyclic) bond motifs is 1. The molecule has 2 aromatic carbocycles. The van der Waals surface area contributed by atoms with E-state index in [0.29, 0.717) is 35.3 Å². The van der Waals surface area contributed by atoms with Crippen molar-refractivity contribution >= 4 is 11.7 Å². The van der Waals surface area contributed by atoms with Gasteiger partial charge in [0.1, 0.15) is 11.6 Å². The van der Waals surface area contributed by atoms with Crippen LogP contribution in [0.1, 0.15) is 34.9 Å². The number of aryl methyl sites for hydroxylation is 1. The summed E-state index contributed by atoms with van der Waals surface area (Å²) in [4.78, 5) is 31.8. The molecular weight excluding hydrogens is 382 g/mol. The van der Waals surface area contributed by atoms with Gasteiger partial charge >= 0.3 is 0 Å². The second kappa shape index (κ2) is 8.41. The second-order valence-corrected chi connectivity index (χ2v) is 7.21. The predicted octanol–water partition coefficient (Wildman–Crippen LogP) is 3.18. The Bertz CT molecular complexity index is 1130. The molecule has 0 saturated carbocycles. The standard InChI is InChI=1S/C23H23N3O4/c1-14-24-22-21(23(28)25-14)17(13-20(27)26-22)16-8-9-18(19(12-16)29-2)30-11-10-15-6-4-3-5-7-15/h3-9,12,17H,10-11,13H2,1-2H3,(H2,24,25,26,27,28)/t17-/m0/s1. The van der Waals surface area contributed by atoms with Crippen LogP contribution < -0.4 is 20.3 Å². The molecule has 2 heterocycles. The lowest BCUT2D eigenvalue weighted by Gasteiger charge is -2.25. The predicted molar refractivity (Wildman–Crippen MR) is 113 cm³/mol. The molecule has 7 nitrogen and oxygen atoms in total. The average Bonchev–Trinajstić information content (AvgIpc) is 2.73. The molecule has 1 aliphatic rings. The van der Waals surface area contributed by atoms with Crippen molar-refractivity contribution in [3.8, 4) is 11.5 Å². The van der Waals surface area contributed by atoms with Gasteiger partial charge in [-0.1, -0.05) is 36.4 Å². The fourth-order valence-corrected chi connectivity index (χ4v) is 3.71. The van der Waals surface area contributed by atoms with Crippen LogP contribution in [0, 0.1) is 6.92 Å². The van der Waals surface area contributed by atoms with Gasteiger partial charge in [-0.2, -0.15) is 0 Å². The van der Waals surface area contributed by atoms with Crippen molar-refractivity contribution in [3.05, 3.63) is 81.4 Å². The third kappa shape index (κ3) is 4.05. The minimum Gasteiger partial charge on any atom is -0.493 e. The van der Waals surface area contributed by atoms with Crippen molar-refractivity contribution in [2.75, 3.05) is 19.0 Å². The number of aromatic amines is 1. The van der Waals surface area contributed by atoms with Crippen LogP contribution in [0.25, 0.3) is 0 Å². The molecular formula is C23H23N3O4. The Hall–Kier alpha value is -3.61. The number of nitrogens with one attached hydrogen (secondary N) is 2. The minimum atomic E-state index is -0.405. The number of amides is 1. The molecule has 1 atom stereocenters. The van der Waals surface area contributed by atoms with Crippen LogP contribution in [-0.4, -0.2) is 29.6 Å². The van der Waals surface area contributed by atoms with Crippen LogP contribution >= 0.6 is 0 Å². The van der Waals surface area contributed by atoms with E-state index in [4.69, 9.17) is 9.47 Å². The summed E-state index contributed by atoms with van der Waals surface area (Å²) < 4.78 is 11.4. The fourth-order valence-electron chi connectivity index (χ4n) is 3.71. The second-order valence-electron chi connectivity index (χ2n) is 7.21. The number of hydrogen-bond donors (Lipinski definition) is 2. The third-order valence-electron chi connectivity index (χ3n) is 5.15. The minimum absolute atomic E-state index is 0.165. The van der Waals surface area contributed by atoms with E-state index in [0.717, 1.165) is 12.0 Å². The number of rotatable bonds is 6. The molecule has 7 heteroatoms. The Morgan fingerprint density at radius 3 is 2.67 bits per heavy atom. The van der Waals surface area contributed by atoms with E-state index in [1.807, 2.05) is 36.4 Å². The molecule has 0 bridgehead atoms. The zero-order valence-corrected chi connectivity index (χ0v) is 16.9. The molecule has 0 spiro atoms. The van der Waals surface area contributed by atoms with Crippen LogP contribution in [0.5, 0.6) is 11.5 Å². The van der Waals surface area contributed by atoms with E-state index in [1.54, 1.807) is 14.0 Å². The van der Waals surface area contributed by atoms with Gasteiger partial charge in [-0.3, -0.25) is 9.59 Å². The topological polar surface area (TPSA) is 93.3 Å². The lowest BCUT2D eigenvalue weighted by Crippen LogP contribution is -2.31. The largest absolute Gasteiger partial charge is 0.493 e. The zero-order chi connectivity index (χ0) is 21.1. The van der Waals surface area contributed by atoms with E-state index in [9.17, 15) is 9.59 Å². The summed E-state index contributed by atoms with van der Waals surface area (Å²) in [6.45, 7) is 2.19. The molecule has 0 aliphatic carbocycles. The molecule has 0 unspecified atom stereocenters. The van der Waals surface area contributed by atoms with E-state index in [-0.39, 0.29) is 17.9 Å². The summed E-state index contributed by atoms with van der Waals surface area (Å²) in [5.74, 6) is 1.38. The van der Waals surface area contributed by atoms with Crippen molar-refractivity contribution in [1.82, 2.24) is 9.97 Å². The summed E-state index contributed by atoms with van der Waals surface area (Å²) in [5, 5.41) is 2.70. The molecule has 2 N–H and O–H groups in total.